The highest BCUT2D eigenvalue weighted by molar-refractivity contribution is 6.05. The Balaban J connectivity index is 1.69. The summed E-state index contributed by atoms with van der Waals surface area (Å²) >= 11 is 0. The van der Waals surface area contributed by atoms with Crippen LogP contribution in [0.5, 0.6) is 0 Å². The lowest BCUT2D eigenvalue weighted by Gasteiger charge is -2.21. The summed E-state index contributed by atoms with van der Waals surface area (Å²) < 4.78 is 12.2. The predicted octanol–water partition coefficient (Wildman–Crippen LogP) is 2.23. The van der Waals surface area contributed by atoms with Crippen LogP contribution in [0.1, 0.15) is 23.0 Å². The minimum absolute atomic E-state index is 0.0169. The largest absolute Gasteiger partial charge is 0.463 e. The average Bonchev–Trinajstić information content (AvgIpc) is 3.11. The number of ether oxygens (including phenoxy) is 2. The van der Waals surface area contributed by atoms with E-state index in [2.05, 4.69) is 20.7 Å². The molecule has 3 heterocycles. The Hall–Kier alpha value is -4.21. The molecule has 0 aliphatic carbocycles. The minimum atomic E-state index is -0.626. The number of urea groups is 1. The molecular weight excluding hydrogens is 426 g/mol. The van der Waals surface area contributed by atoms with Gasteiger partial charge < -0.3 is 20.1 Å². The second-order valence-electron chi connectivity index (χ2n) is 7.39. The molecule has 4 rings (SSSR count). The summed E-state index contributed by atoms with van der Waals surface area (Å²) in [4.78, 5) is 41.8. The summed E-state index contributed by atoms with van der Waals surface area (Å²) in [5.41, 5.74) is 3.29. The van der Waals surface area contributed by atoms with Crippen molar-refractivity contribution < 1.29 is 23.9 Å². The molecule has 0 radical (unpaired) electrons. The number of nitrogens with one attached hydrogen (secondary N) is 2. The van der Waals surface area contributed by atoms with E-state index in [4.69, 9.17) is 9.47 Å². The number of nitrogens with zero attached hydrogens (tertiary/aromatic N) is 3. The maximum Gasteiger partial charge on any atom is 0.339 e. The summed E-state index contributed by atoms with van der Waals surface area (Å²) in [6.45, 7) is 3.33. The van der Waals surface area contributed by atoms with Crippen LogP contribution in [0.25, 0.3) is 22.3 Å². The number of benzene rings is 1. The molecule has 0 unspecified atom stereocenters. The molecule has 0 bridgehead atoms. The van der Waals surface area contributed by atoms with Crippen molar-refractivity contribution in [1.82, 2.24) is 25.4 Å². The molecule has 2 amide bonds. The fourth-order valence-electron chi connectivity index (χ4n) is 3.65. The van der Waals surface area contributed by atoms with Gasteiger partial charge in [0.1, 0.15) is 6.61 Å². The van der Waals surface area contributed by atoms with E-state index in [9.17, 15) is 14.4 Å². The Morgan fingerprint density at radius 3 is 2.64 bits per heavy atom. The van der Waals surface area contributed by atoms with Crippen LogP contribution >= 0.6 is 0 Å². The highest BCUT2D eigenvalue weighted by Crippen LogP contribution is 2.27. The van der Waals surface area contributed by atoms with Gasteiger partial charge in [-0.25, -0.2) is 19.4 Å². The van der Waals surface area contributed by atoms with Crippen molar-refractivity contribution in [2.24, 2.45) is 7.05 Å². The van der Waals surface area contributed by atoms with Gasteiger partial charge in [-0.2, -0.15) is 5.10 Å². The number of fused-ring (bicyclic) bond motifs is 1. The zero-order chi connectivity index (χ0) is 23.5. The molecule has 1 aliphatic heterocycles. The quantitative estimate of drug-likeness (QED) is 0.553. The first-order valence-corrected chi connectivity index (χ1v) is 10.4. The standard InChI is InChI=1S/C23H23N5O5/c1-4-32-22(30)16-11-24-23(31)26-18(16)12-33-21(29)15-10-17(14-8-6-5-7-9-14)25-20-19(15)13(2)27-28(20)3/h5-10H,4,11-12H2,1-3H3,(H2,24,26,31). The fourth-order valence-corrected chi connectivity index (χ4v) is 3.65. The molecule has 0 atom stereocenters. The third-order valence-corrected chi connectivity index (χ3v) is 5.18. The van der Waals surface area contributed by atoms with Gasteiger partial charge in [0.2, 0.25) is 0 Å². The van der Waals surface area contributed by atoms with E-state index in [1.165, 1.54) is 0 Å². The minimum Gasteiger partial charge on any atom is -0.463 e. The SMILES string of the molecule is CCOC(=O)C1=C(COC(=O)c2cc(-c3ccccc3)nc3c2c(C)nn3C)NC(=O)NC1. The van der Waals surface area contributed by atoms with Crippen LogP contribution in [0.2, 0.25) is 0 Å². The van der Waals surface area contributed by atoms with Crippen LogP contribution in [0, 0.1) is 6.92 Å². The van der Waals surface area contributed by atoms with Gasteiger partial charge in [-0.3, -0.25) is 4.68 Å². The van der Waals surface area contributed by atoms with E-state index in [1.807, 2.05) is 30.3 Å². The Morgan fingerprint density at radius 1 is 1.15 bits per heavy atom. The monoisotopic (exact) mass is 449 g/mol. The summed E-state index contributed by atoms with van der Waals surface area (Å²) in [6, 6.07) is 10.6. The average molecular weight is 449 g/mol. The van der Waals surface area contributed by atoms with Crippen molar-refractivity contribution in [2.45, 2.75) is 13.8 Å². The lowest BCUT2D eigenvalue weighted by molar-refractivity contribution is -0.138. The van der Waals surface area contributed by atoms with Crippen molar-refractivity contribution in [3.8, 4) is 11.3 Å². The first kappa shape index (κ1) is 22.0. The van der Waals surface area contributed by atoms with E-state index in [0.29, 0.717) is 28.0 Å². The molecule has 2 N–H and O–H groups in total. The topological polar surface area (TPSA) is 124 Å². The van der Waals surface area contributed by atoms with Crippen LogP contribution in [0.15, 0.2) is 47.7 Å². The summed E-state index contributed by atoms with van der Waals surface area (Å²) in [7, 11) is 1.76. The van der Waals surface area contributed by atoms with E-state index in [1.54, 1.807) is 31.6 Å². The maximum absolute atomic E-state index is 13.2. The highest BCUT2D eigenvalue weighted by Gasteiger charge is 2.26. The number of rotatable bonds is 6. The molecule has 1 aliphatic rings. The molecule has 10 heteroatoms. The number of aryl methyl sites for hydroxylation is 2. The molecule has 33 heavy (non-hydrogen) atoms. The van der Waals surface area contributed by atoms with E-state index >= 15 is 0 Å². The first-order chi connectivity index (χ1) is 15.9. The van der Waals surface area contributed by atoms with Gasteiger partial charge in [-0.15, -0.1) is 0 Å². The first-order valence-electron chi connectivity index (χ1n) is 10.4. The molecule has 0 spiro atoms. The molecule has 10 nitrogen and oxygen atoms in total. The van der Waals surface area contributed by atoms with E-state index in [-0.39, 0.29) is 31.0 Å². The van der Waals surface area contributed by atoms with Gasteiger partial charge in [0, 0.05) is 12.6 Å². The van der Waals surface area contributed by atoms with Crippen LogP contribution in [0.3, 0.4) is 0 Å². The number of esters is 2. The van der Waals surface area contributed by atoms with Gasteiger partial charge in [-0.05, 0) is 19.9 Å². The van der Waals surface area contributed by atoms with Gasteiger partial charge in [0.05, 0.1) is 46.8 Å². The van der Waals surface area contributed by atoms with Crippen LogP contribution in [-0.2, 0) is 21.3 Å². The highest BCUT2D eigenvalue weighted by atomic mass is 16.5. The molecule has 0 saturated carbocycles. The van der Waals surface area contributed by atoms with Gasteiger partial charge >= 0.3 is 18.0 Å². The van der Waals surface area contributed by atoms with Crippen LogP contribution < -0.4 is 10.6 Å². The normalized spacial score (nSPS) is 13.5. The molecule has 2 aromatic heterocycles. The number of carbonyl (C=O) groups excluding carboxylic acids is 3. The van der Waals surface area contributed by atoms with Gasteiger partial charge in [-0.1, -0.05) is 30.3 Å². The van der Waals surface area contributed by atoms with Crippen molar-refractivity contribution in [3.63, 3.8) is 0 Å². The number of hydrogen-bond acceptors (Lipinski definition) is 7. The second-order valence-corrected chi connectivity index (χ2v) is 7.39. The predicted molar refractivity (Wildman–Crippen MR) is 119 cm³/mol. The zero-order valence-electron chi connectivity index (χ0n) is 18.5. The van der Waals surface area contributed by atoms with E-state index in [0.717, 1.165) is 5.56 Å². The van der Waals surface area contributed by atoms with Crippen LogP contribution in [-0.4, -0.2) is 52.5 Å². The van der Waals surface area contributed by atoms with E-state index < -0.39 is 18.0 Å². The van der Waals surface area contributed by atoms with Crippen molar-refractivity contribution >= 4 is 29.0 Å². The molecular formula is C23H23N5O5. The molecule has 170 valence electrons. The Morgan fingerprint density at radius 2 is 1.91 bits per heavy atom. The number of pyridine rings is 1. The summed E-state index contributed by atoms with van der Waals surface area (Å²) in [5, 5.41) is 10.0. The number of hydrogen-bond donors (Lipinski definition) is 2. The molecule has 0 fully saturated rings. The Kier molecular flexibility index (Phi) is 6.07. The van der Waals surface area contributed by atoms with Crippen molar-refractivity contribution in [3.05, 3.63) is 58.9 Å². The van der Waals surface area contributed by atoms with Crippen molar-refractivity contribution in [2.75, 3.05) is 19.8 Å². The van der Waals surface area contributed by atoms with Gasteiger partial charge in [0.15, 0.2) is 5.65 Å². The molecule has 3 aromatic rings. The smallest absolute Gasteiger partial charge is 0.339 e. The Bertz CT molecular complexity index is 1280. The summed E-state index contributed by atoms with van der Waals surface area (Å²) in [6.07, 6.45) is 0. The number of carbonyl (C=O) groups is 3. The third-order valence-electron chi connectivity index (χ3n) is 5.18. The lowest BCUT2D eigenvalue weighted by Crippen LogP contribution is -2.45. The number of amides is 2. The maximum atomic E-state index is 13.2. The fraction of sp³-hybridized carbons (Fsp3) is 0.261. The third kappa shape index (κ3) is 4.40. The van der Waals surface area contributed by atoms with Crippen LogP contribution in [0.4, 0.5) is 4.79 Å². The zero-order valence-corrected chi connectivity index (χ0v) is 18.5. The van der Waals surface area contributed by atoms with Crippen molar-refractivity contribution in [1.29, 1.82) is 0 Å². The number of aromatic nitrogens is 3. The second kappa shape index (κ2) is 9.11. The summed E-state index contributed by atoms with van der Waals surface area (Å²) in [5.74, 6) is -1.21. The molecule has 1 aromatic carbocycles. The van der Waals surface area contributed by atoms with Gasteiger partial charge in [0.25, 0.3) is 0 Å². The Labute approximate surface area is 189 Å². The molecule has 0 saturated heterocycles. The lowest BCUT2D eigenvalue weighted by atomic mass is 10.1.